The fourth-order valence-electron chi connectivity index (χ4n) is 2.37. The Morgan fingerprint density at radius 1 is 1.19 bits per heavy atom. The monoisotopic (exact) mass is 369 g/mol. The summed E-state index contributed by atoms with van der Waals surface area (Å²) in [7, 11) is -0.518. The van der Waals surface area contributed by atoms with Crippen LogP contribution in [-0.2, 0) is 18.8 Å². The first-order chi connectivity index (χ1) is 11.6. The van der Waals surface area contributed by atoms with Gasteiger partial charge in [-0.3, -0.25) is 4.79 Å². The zero-order chi connectivity index (χ0) is 20.3. The van der Waals surface area contributed by atoms with Gasteiger partial charge in [0.05, 0.1) is 17.6 Å². The first-order valence-corrected chi connectivity index (χ1v) is 8.88. The number of amides is 1. The Labute approximate surface area is 156 Å². The van der Waals surface area contributed by atoms with E-state index in [9.17, 15) is 9.59 Å². The summed E-state index contributed by atoms with van der Waals surface area (Å²) in [6, 6.07) is -0.509. The average Bonchev–Trinajstić information content (AvgIpc) is 2.59. The maximum absolute atomic E-state index is 12.4. The second kappa shape index (κ2) is 8.00. The molecule has 148 valence electrons. The predicted molar refractivity (Wildman–Crippen MR) is 99.9 cm³/mol. The first-order valence-electron chi connectivity index (χ1n) is 8.88. The minimum atomic E-state index is -0.971. The minimum Gasteiger partial charge on any atom is -0.481 e. The lowest BCUT2D eigenvalue weighted by Crippen LogP contribution is -2.43. The Balaban J connectivity index is 2.80. The standard InChI is InChI=1S/C18H32BNO6/c1-13(12-14(21)22)20(15(23)24-16(2,3)4)11-9-10-19-25-17(5,6)18(7,8)26-19/h9-10,13H,11-12H2,1-8H3,(H,21,22)/b10-9+. The van der Waals surface area contributed by atoms with E-state index in [-0.39, 0.29) is 13.0 Å². The van der Waals surface area contributed by atoms with Gasteiger partial charge in [-0.15, -0.1) is 0 Å². The van der Waals surface area contributed by atoms with Crippen LogP contribution in [0.15, 0.2) is 12.1 Å². The number of hydrogen-bond donors (Lipinski definition) is 1. The van der Waals surface area contributed by atoms with Gasteiger partial charge >= 0.3 is 19.2 Å². The number of hydrogen-bond acceptors (Lipinski definition) is 5. The van der Waals surface area contributed by atoms with E-state index in [2.05, 4.69) is 0 Å². The molecule has 7 nitrogen and oxygen atoms in total. The summed E-state index contributed by atoms with van der Waals surface area (Å²) in [5, 5.41) is 9.02. The van der Waals surface area contributed by atoms with Crippen molar-refractivity contribution in [1.29, 1.82) is 0 Å². The van der Waals surface area contributed by atoms with Crippen LogP contribution in [0.4, 0.5) is 4.79 Å². The molecule has 0 aliphatic carbocycles. The van der Waals surface area contributed by atoms with Crippen LogP contribution in [0.5, 0.6) is 0 Å². The number of rotatable bonds is 6. The van der Waals surface area contributed by atoms with E-state index in [1.54, 1.807) is 39.7 Å². The molecule has 1 N–H and O–H groups in total. The average molecular weight is 369 g/mol. The van der Waals surface area contributed by atoms with E-state index < -0.39 is 42.0 Å². The summed E-state index contributed by atoms with van der Waals surface area (Å²) < 4.78 is 17.1. The fourth-order valence-corrected chi connectivity index (χ4v) is 2.37. The zero-order valence-electron chi connectivity index (χ0n) is 17.2. The molecule has 1 saturated heterocycles. The smallest absolute Gasteiger partial charge is 0.481 e. The topological polar surface area (TPSA) is 85.3 Å². The molecule has 26 heavy (non-hydrogen) atoms. The molecule has 1 unspecified atom stereocenters. The zero-order valence-corrected chi connectivity index (χ0v) is 17.2. The van der Waals surface area contributed by atoms with Crippen molar-refractivity contribution in [1.82, 2.24) is 4.90 Å². The van der Waals surface area contributed by atoms with Gasteiger partial charge in [0.1, 0.15) is 5.60 Å². The molecule has 8 heteroatoms. The highest BCUT2D eigenvalue weighted by molar-refractivity contribution is 6.51. The van der Waals surface area contributed by atoms with Crippen LogP contribution >= 0.6 is 0 Å². The molecule has 1 heterocycles. The lowest BCUT2D eigenvalue weighted by atomic mass is 9.90. The van der Waals surface area contributed by atoms with Crippen LogP contribution in [0.2, 0.25) is 0 Å². The number of aliphatic carboxylic acids is 1. The van der Waals surface area contributed by atoms with Crippen LogP contribution in [-0.4, -0.2) is 58.6 Å². The number of ether oxygens (including phenoxy) is 1. The van der Waals surface area contributed by atoms with Crippen molar-refractivity contribution in [3.63, 3.8) is 0 Å². The summed E-state index contributed by atoms with van der Waals surface area (Å²) in [6.07, 6.45) is 1.03. The van der Waals surface area contributed by atoms with Gasteiger partial charge < -0.3 is 24.1 Å². The van der Waals surface area contributed by atoms with Crippen LogP contribution in [0.3, 0.4) is 0 Å². The Bertz CT molecular complexity index is 536. The molecular formula is C18H32BNO6. The van der Waals surface area contributed by atoms with Gasteiger partial charge in [0.25, 0.3) is 0 Å². The lowest BCUT2D eigenvalue weighted by Gasteiger charge is -2.32. The van der Waals surface area contributed by atoms with Crippen LogP contribution in [0.25, 0.3) is 0 Å². The Kier molecular flexibility index (Phi) is 6.93. The van der Waals surface area contributed by atoms with Crippen LogP contribution in [0, 0.1) is 0 Å². The molecule has 0 aromatic rings. The van der Waals surface area contributed by atoms with Crippen molar-refractivity contribution >= 4 is 19.2 Å². The maximum Gasteiger partial charge on any atom is 0.486 e. The van der Waals surface area contributed by atoms with E-state index in [0.717, 1.165) is 0 Å². The number of carboxylic acid groups (broad SMARTS) is 1. The van der Waals surface area contributed by atoms with Crippen LogP contribution in [0.1, 0.15) is 61.8 Å². The second-order valence-electron chi connectivity index (χ2n) is 8.63. The highest BCUT2D eigenvalue weighted by atomic mass is 16.7. The van der Waals surface area contributed by atoms with Gasteiger partial charge in [-0.1, -0.05) is 12.1 Å². The summed E-state index contributed by atoms with van der Waals surface area (Å²) in [5.74, 6) is 0.766. The number of carbonyl (C=O) groups is 2. The number of nitrogens with zero attached hydrogens (tertiary/aromatic N) is 1. The summed E-state index contributed by atoms with van der Waals surface area (Å²) in [5.41, 5.74) is -1.54. The van der Waals surface area contributed by atoms with Crippen molar-refractivity contribution in [2.75, 3.05) is 6.54 Å². The molecule has 1 amide bonds. The highest BCUT2D eigenvalue weighted by Crippen LogP contribution is 2.36. The molecule has 0 saturated carbocycles. The number of carboxylic acids is 1. The van der Waals surface area contributed by atoms with E-state index in [0.29, 0.717) is 0 Å². The van der Waals surface area contributed by atoms with Gasteiger partial charge in [0.2, 0.25) is 0 Å². The first kappa shape index (κ1) is 22.5. The van der Waals surface area contributed by atoms with Crippen molar-refractivity contribution in [2.24, 2.45) is 0 Å². The van der Waals surface area contributed by atoms with Crippen molar-refractivity contribution < 1.29 is 28.7 Å². The van der Waals surface area contributed by atoms with E-state index in [1.807, 2.05) is 27.7 Å². The molecule has 0 aromatic carbocycles. The molecule has 1 fully saturated rings. The Morgan fingerprint density at radius 3 is 2.12 bits per heavy atom. The summed E-state index contributed by atoms with van der Waals surface area (Å²) >= 11 is 0. The van der Waals surface area contributed by atoms with E-state index >= 15 is 0 Å². The van der Waals surface area contributed by atoms with Gasteiger partial charge in [0.15, 0.2) is 0 Å². The molecule has 1 rings (SSSR count). The third kappa shape index (κ3) is 6.32. The second-order valence-corrected chi connectivity index (χ2v) is 8.63. The Morgan fingerprint density at radius 2 is 1.69 bits per heavy atom. The largest absolute Gasteiger partial charge is 0.486 e. The molecule has 1 aliphatic rings. The van der Waals surface area contributed by atoms with Gasteiger partial charge in [0, 0.05) is 12.6 Å². The predicted octanol–water partition coefficient (Wildman–Crippen LogP) is 3.27. The molecule has 1 atom stereocenters. The molecule has 1 aliphatic heterocycles. The SMILES string of the molecule is CC(CC(=O)O)N(C/C=C/B1OC(C)(C)C(C)(C)O1)C(=O)OC(C)(C)C. The normalized spacial score (nSPS) is 20.2. The summed E-state index contributed by atoms with van der Waals surface area (Å²) in [6.45, 7) is 15.0. The lowest BCUT2D eigenvalue weighted by molar-refractivity contribution is -0.138. The molecule has 0 aromatic heterocycles. The fraction of sp³-hybridized carbons (Fsp3) is 0.778. The van der Waals surface area contributed by atoms with Crippen molar-refractivity contribution in [3.8, 4) is 0 Å². The van der Waals surface area contributed by atoms with E-state index in [4.69, 9.17) is 19.2 Å². The molecular weight excluding hydrogens is 337 g/mol. The van der Waals surface area contributed by atoms with Gasteiger partial charge in [-0.05, 0) is 55.4 Å². The van der Waals surface area contributed by atoms with Gasteiger partial charge in [-0.2, -0.15) is 0 Å². The van der Waals surface area contributed by atoms with Crippen molar-refractivity contribution in [3.05, 3.63) is 12.1 Å². The molecule has 0 spiro atoms. The quantitative estimate of drug-likeness (QED) is 0.724. The van der Waals surface area contributed by atoms with Crippen LogP contribution < -0.4 is 0 Å². The highest BCUT2D eigenvalue weighted by Gasteiger charge is 2.50. The Hall–Kier alpha value is -1.54. The van der Waals surface area contributed by atoms with Crippen molar-refractivity contribution in [2.45, 2.75) is 84.7 Å². The number of carbonyl (C=O) groups excluding carboxylic acids is 1. The van der Waals surface area contributed by atoms with Gasteiger partial charge in [-0.25, -0.2) is 4.79 Å². The van der Waals surface area contributed by atoms with E-state index in [1.165, 1.54) is 4.90 Å². The third-order valence-corrected chi connectivity index (χ3v) is 4.50. The maximum atomic E-state index is 12.4. The minimum absolute atomic E-state index is 0.163. The third-order valence-electron chi connectivity index (χ3n) is 4.50. The summed E-state index contributed by atoms with van der Waals surface area (Å²) in [4.78, 5) is 24.8. The molecule has 0 bridgehead atoms. The molecule has 0 radical (unpaired) electrons.